The lowest BCUT2D eigenvalue weighted by Gasteiger charge is -2.48. The molecule has 17 heavy (non-hydrogen) atoms. The number of hydrogen-bond donors (Lipinski definition) is 1. The predicted octanol–water partition coefficient (Wildman–Crippen LogP) is 1.89. The molecule has 2 aliphatic rings. The molecule has 1 aromatic rings. The van der Waals surface area contributed by atoms with E-state index in [9.17, 15) is 0 Å². The minimum absolute atomic E-state index is 0.0371. The van der Waals surface area contributed by atoms with E-state index in [2.05, 4.69) is 24.0 Å². The summed E-state index contributed by atoms with van der Waals surface area (Å²) in [5, 5.41) is 0. The van der Waals surface area contributed by atoms with Crippen LogP contribution in [-0.4, -0.2) is 23.6 Å². The number of nitrogens with zero attached hydrogens (tertiary/aromatic N) is 2. The second-order valence-corrected chi connectivity index (χ2v) is 5.60. The van der Waals surface area contributed by atoms with Crippen LogP contribution in [0, 0.1) is 0 Å². The summed E-state index contributed by atoms with van der Waals surface area (Å²) in [6, 6.07) is 4.41. The van der Waals surface area contributed by atoms with E-state index >= 15 is 0 Å². The number of fused-ring (bicyclic) bond motifs is 1. The highest BCUT2D eigenvalue weighted by atomic mass is 15.3. The van der Waals surface area contributed by atoms with Gasteiger partial charge in [-0.25, -0.2) is 4.98 Å². The van der Waals surface area contributed by atoms with Crippen LogP contribution in [0.2, 0.25) is 0 Å². The van der Waals surface area contributed by atoms with Crippen LogP contribution in [0.15, 0.2) is 12.1 Å². The summed E-state index contributed by atoms with van der Waals surface area (Å²) < 4.78 is 0. The van der Waals surface area contributed by atoms with Crippen molar-refractivity contribution in [3.05, 3.63) is 23.4 Å². The summed E-state index contributed by atoms with van der Waals surface area (Å²) in [6.07, 6.45) is 5.91. The molecule has 0 radical (unpaired) electrons. The molecule has 3 rings (SSSR count). The van der Waals surface area contributed by atoms with Gasteiger partial charge in [0, 0.05) is 18.8 Å². The first kappa shape index (κ1) is 11.0. The Balaban J connectivity index is 1.71. The number of aromatic nitrogens is 1. The van der Waals surface area contributed by atoms with Gasteiger partial charge in [-0.05, 0) is 37.3 Å². The van der Waals surface area contributed by atoms with Crippen molar-refractivity contribution >= 4 is 5.82 Å². The van der Waals surface area contributed by atoms with Crippen molar-refractivity contribution in [3.8, 4) is 0 Å². The van der Waals surface area contributed by atoms with Crippen LogP contribution in [0.3, 0.4) is 0 Å². The largest absolute Gasteiger partial charge is 0.353 e. The van der Waals surface area contributed by atoms with E-state index in [0.717, 1.165) is 31.7 Å². The van der Waals surface area contributed by atoms with E-state index < -0.39 is 0 Å². The van der Waals surface area contributed by atoms with E-state index in [4.69, 9.17) is 10.7 Å². The molecule has 1 aromatic heterocycles. The van der Waals surface area contributed by atoms with Gasteiger partial charge < -0.3 is 10.6 Å². The second kappa shape index (κ2) is 3.98. The second-order valence-electron chi connectivity index (χ2n) is 5.60. The Morgan fingerprint density at radius 1 is 1.35 bits per heavy atom. The van der Waals surface area contributed by atoms with Crippen LogP contribution < -0.4 is 10.6 Å². The average Bonchev–Trinajstić information content (AvgIpc) is 2.72. The molecule has 1 aliphatic carbocycles. The first-order valence-corrected chi connectivity index (χ1v) is 6.73. The molecule has 2 N–H and O–H groups in total. The SMILES string of the molecule is CCCC1(N)CN(c2ccc3c(n2)CCC3)C1. The van der Waals surface area contributed by atoms with Crippen LogP contribution in [0.5, 0.6) is 0 Å². The molecule has 3 nitrogen and oxygen atoms in total. The lowest BCUT2D eigenvalue weighted by Crippen LogP contribution is -2.67. The Kier molecular flexibility index (Phi) is 2.58. The van der Waals surface area contributed by atoms with Crippen molar-refractivity contribution in [2.75, 3.05) is 18.0 Å². The molecule has 0 aromatic carbocycles. The van der Waals surface area contributed by atoms with Gasteiger partial charge in [-0.2, -0.15) is 0 Å². The Bertz CT molecular complexity index is 421. The maximum Gasteiger partial charge on any atom is 0.128 e. The van der Waals surface area contributed by atoms with Gasteiger partial charge in [0.05, 0.1) is 5.54 Å². The summed E-state index contributed by atoms with van der Waals surface area (Å²) in [5.41, 5.74) is 9.08. The highest BCUT2D eigenvalue weighted by Gasteiger charge is 2.39. The number of nitrogens with two attached hydrogens (primary N) is 1. The molecule has 0 saturated carbocycles. The number of aryl methyl sites for hydroxylation is 2. The smallest absolute Gasteiger partial charge is 0.128 e. The molecule has 1 fully saturated rings. The van der Waals surface area contributed by atoms with Gasteiger partial charge in [0.1, 0.15) is 5.82 Å². The molecule has 0 unspecified atom stereocenters. The standard InChI is InChI=1S/C14H21N3/c1-2-8-14(15)9-17(10-14)13-7-6-11-4-3-5-12(11)16-13/h6-7H,2-5,8-10,15H2,1H3. The molecule has 1 saturated heterocycles. The Morgan fingerprint density at radius 2 is 2.18 bits per heavy atom. The molecular formula is C14H21N3. The number of hydrogen-bond acceptors (Lipinski definition) is 3. The molecule has 3 heteroatoms. The molecule has 0 atom stereocenters. The lowest BCUT2D eigenvalue weighted by molar-refractivity contribution is 0.306. The fourth-order valence-electron chi connectivity index (χ4n) is 3.12. The minimum atomic E-state index is 0.0371. The van der Waals surface area contributed by atoms with Gasteiger partial charge in [-0.15, -0.1) is 0 Å². The van der Waals surface area contributed by atoms with Crippen LogP contribution in [-0.2, 0) is 12.8 Å². The zero-order valence-electron chi connectivity index (χ0n) is 10.6. The maximum absolute atomic E-state index is 6.28. The molecule has 2 heterocycles. The fraction of sp³-hybridized carbons (Fsp3) is 0.643. The van der Waals surface area contributed by atoms with E-state index in [1.54, 1.807) is 0 Å². The first-order valence-electron chi connectivity index (χ1n) is 6.73. The van der Waals surface area contributed by atoms with E-state index in [0.29, 0.717) is 0 Å². The molecule has 1 aliphatic heterocycles. The predicted molar refractivity (Wildman–Crippen MR) is 70.3 cm³/mol. The topological polar surface area (TPSA) is 42.1 Å². The molecular weight excluding hydrogens is 210 g/mol. The summed E-state index contributed by atoms with van der Waals surface area (Å²) in [4.78, 5) is 7.09. The monoisotopic (exact) mass is 231 g/mol. The minimum Gasteiger partial charge on any atom is -0.353 e. The van der Waals surface area contributed by atoms with E-state index in [-0.39, 0.29) is 5.54 Å². The Hall–Kier alpha value is -1.09. The Morgan fingerprint density at radius 3 is 2.94 bits per heavy atom. The third kappa shape index (κ3) is 1.93. The fourth-order valence-corrected chi connectivity index (χ4v) is 3.12. The molecule has 0 spiro atoms. The maximum atomic E-state index is 6.28. The third-order valence-electron chi connectivity index (χ3n) is 4.00. The van der Waals surface area contributed by atoms with Gasteiger partial charge in [0.15, 0.2) is 0 Å². The number of pyridine rings is 1. The van der Waals surface area contributed by atoms with Crippen molar-refractivity contribution in [2.24, 2.45) is 5.73 Å². The normalized spacial score (nSPS) is 21.2. The molecule has 0 bridgehead atoms. The van der Waals surface area contributed by atoms with Crippen molar-refractivity contribution < 1.29 is 0 Å². The van der Waals surface area contributed by atoms with Gasteiger partial charge in [0.25, 0.3) is 0 Å². The summed E-state index contributed by atoms with van der Waals surface area (Å²) in [5.74, 6) is 1.13. The summed E-state index contributed by atoms with van der Waals surface area (Å²) in [7, 11) is 0. The highest BCUT2D eigenvalue weighted by Crippen LogP contribution is 2.30. The van der Waals surface area contributed by atoms with Crippen LogP contribution >= 0.6 is 0 Å². The number of rotatable bonds is 3. The average molecular weight is 231 g/mol. The van der Waals surface area contributed by atoms with Crippen molar-refractivity contribution in [1.82, 2.24) is 4.98 Å². The van der Waals surface area contributed by atoms with E-state index in [1.807, 2.05) is 0 Å². The zero-order valence-corrected chi connectivity index (χ0v) is 10.6. The molecule has 92 valence electrons. The summed E-state index contributed by atoms with van der Waals surface area (Å²) in [6.45, 7) is 4.13. The zero-order chi connectivity index (χ0) is 11.9. The van der Waals surface area contributed by atoms with Gasteiger partial charge in [-0.3, -0.25) is 0 Å². The van der Waals surface area contributed by atoms with Crippen molar-refractivity contribution in [1.29, 1.82) is 0 Å². The van der Waals surface area contributed by atoms with Gasteiger partial charge in [0.2, 0.25) is 0 Å². The highest BCUT2D eigenvalue weighted by molar-refractivity contribution is 5.47. The molecule has 0 amide bonds. The lowest BCUT2D eigenvalue weighted by atomic mass is 9.86. The number of anilines is 1. The van der Waals surface area contributed by atoms with Crippen molar-refractivity contribution in [3.63, 3.8) is 0 Å². The van der Waals surface area contributed by atoms with Crippen molar-refractivity contribution in [2.45, 2.75) is 44.6 Å². The van der Waals surface area contributed by atoms with Crippen LogP contribution in [0.25, 0.3) is 0 Å². The third-order valence-corrected chi connectivity index (χ3v) is 4.00. The van der Waals surface area contributed by atoms with Crippen LogP contribution in [0.1, 0.15) is 37.4 Å². The van der Waals surface area contributed by atoms with Gasteiger partial charge >= 0.3 is 0 Å². The van der Waals surface area contributed by atoms with E-state index in [1.165, 1.54) is 30.5 Å². The summed E-state index contributed by atoms with van der Waals surface area (Å²) >= 11 is 0. The quantitative estimate of drug-likeness (QED) is 0.863. The first-order chi connectivity index (χ1) is 8.20. The van der Waals surface area contributed by atoms with Crippen LogP contribution in [0.4, 0.5) is 5.82 Å². The Labute approximate surface area is 103 Å². The van der Waals surface area contributed by atoms with Gasteiger partial charge in [-0.1, -0.05) is 19.4 Å².